The Morgan fingerprint density at radius 2 is 1.85 bits per heavy atom. The number of nitrogens with one attached hydrogen (secondary N) is 2. The number of hydrogen-bond acceptors (Lipinski definition) is 7. The van der Waals surface area contributed by atoms with E-state index in [0.29, 0.717) is 11.1 Å². The van der Waals surface area contributed by atoms with E-state index in [-0.39, 0.29) is 0 Å². The lowest BCUT2D eigenvalue weighted by Gasteiger charge is -2.20. The van der Waals surface area contributed by atoms with Crippen molar-refractivity contribution in [2.45, 2.75) is 24.8 Å². The highest BCUT2D eigenvalue weighted by atomic mass is 32.2. The standard InChI is InChI=1S/C19H23N7S/c1-3-26(4-2)17-7-5-15(6-8-17)13-21-23-18-22-19(25-24-18)27-14-16-9-11-20-12-10-16/h5-13H,3-4,14H2,1-2H3,(H2,22,23,24,25)/b21-13-. The van der Waals surface area contributed by atoms with Crippen LogP contribution in [0.4, 0.5) is 11.6 Å². The first-order valence-electron chi connectivity index (χ1n) is 8.86. The fraction of sp³-hybridized carbons (Fsp3) is 0.263. The van der Waals surface area contributed by atoms with Gasteiger partial charge in [0.25, 0.3) is 0 Å². The molecule has 0 aliphatic heterocycles. The molecule has 0 aliphatic rings. The highest BCUT2D eigenvalue weighted by Crippen LogP contribution is 2.19. The molecule has 7 nitrogen and oxygen atoms in total. The summed E-state index contributed by atoms with van der Waals surface area (Å²) in [5, 5.41) is 11.9. The molecule has 0 unspecified atom stereocenters. The quantitative estimate of drug-likeness (QED) is 0.333. The lowest BCUT2D eigenvalue weighted by molar-refractivity contribution is 0.866. The molecule has 0 amide bonds. The largest absolute Gasteiger partial charge is 0.372 e. The molecule has 0 atom stereocenters. The van der Waals surface area contributed by atoms with Crippen molar-refractivity contribution in [1.29, 1.82) is 0 Å². The number of aromatic nitrogens is 4. The van der Waals surface area contributed by atoms with Crippen LogP contribution in [0.25, 0.3) is 0 Å². The first kappa shape index (κ1) is 18.9. The maximum Gasteiger partial charge on any atom is 0.240 e. The van der Waals surface area contributed by atoms with Crippen LogP contribution in [-0.2, 0) is 5.75 Å². The Balaban J connectivity index is 1.50. The van der Waals surface area contributed by atoms with E-state index in [4.69, 9.17) is 0 Å². The van der Waals surface area contributed by atoms with E-state index < -0.39 is 0 Å². The lowest BCUT2D eigenvalue weighted by atomic mass is 10.2. The minimum atomic E-state index is 0.517. The lowest BCUT2D eigenvalue weighted by Crippen LogP contribution is -2.21. The van der Waals surface area contributed by atoms with E-state index in [2.05, 4.69) is 73.7 Å². The third-order valence-corrected chi connectivity index (χ3v) is 4.91. The van der Waals surface area contributed by atoms with Gasteiger partial charge in [0.2, 0.25) is 11.1 Å². The highest BCUT2D eigenvalue weighted by molar-refractivity contribution is 7.98. The van der Waals surface area contributed by atoms with Crippen LogP contribution in [0.1, 0.15) is 25.0 Å². The van der Waals surface area contributed by atoms with Gasteiger partial charge in [-0.2, -0.15) is 10.1 Å². The summed E-state index contributed by atoms with van der Waals surface area (Å²) in [4.78, 5) is 10.7. The van der Waals surface area contributed by atoms with Crippen LogP contribution in [0.5, 0.6) is 0 Å². The molecule has 0 saturated carbocycles. The second-order valence-corrected chi connectivity index (χ2v) is 6.69. The van der Waals surface area contributed by atoms with Gasteiger partial charge >= 0.3 is 0 Å². The van der Waals surface area contributed by atoms with Crippen molar-refractivity contribution >= 4 is 29.6 Å². The highest BCUT2D eigenvalue weighted by Gasteiger charge is 2.04. The fourth-order valence-electron chi connectivity index (χ4n) is 2.52. The Labute approximate surface area is 163 Å². The summed E-state index contributed by atoms with van der Waals surface area (Å²) in [7, 11) is 0. The van der Waals surface area contributed by atoms with E-state index in [0.717, 1.165) is 24.4 Å². The molecule has 0 radical (unpaired) electrons. The first-order valence-corrected chi connectivity index (χ1v) is 9.85. The Hall–Kier alpha value is -2.87. The maximum atomic E-state index is 4.37. The van der Waals surface area contributed by atoms with Crippen LogP contribution in [0.3, 0.4) is 0 Å². The molecule has 0 fully saturated rings. The van der Waals surface area contributed by atoms with Gasteiger partial charge in [-0.1, -0.05) is 23.9 Å². The van der Waals surface area contributed by atoms with Crippen LogP contribution in [0.2, 0.25) is 0 Å². The molecule has 1 aromatic carbocycles. The van der Waals surface area contributed by atoms with Gasteiger partial charge in [0.15, 0.2) is 0 Å². The van der Waals surface area contributed by atoms with Crippen molar-refractivity contribution in [3.05, 3.63) is 59.9 Å². The number of nitrogens with zero attached hydrogens (tertiary/aromatic N) is 5. The second kappa shape index (κ2) is 9.72. The molecule has 0 aliphatic carbocycles. The molecular formula is C19H23N7S. The van der Waals surface area contributed by atoms with E-state index in [1.165, 1.54) is 11.3 Å². The topological polar surface area (TPSA) is 82.1 Å². The minimum Gasteiger partial charge on any atom is -0.372 e. The first-order chi connectivity index (χ1) is 13.3. The Morgan fingerprint density at radius 1 is 1.11 bits per heavy atom. The van der Waals surface area contributed by atoms with E-state index in [1.807, 2.05) is 12.1 Å². The molecule has 0 spiro atoms. The molecule has 140 valence electrons. The average Bonchev–Trinajstić information content (AvgIpc) is 3.17. The van der Waals surface area contributed by atoms with Crippen LogP contribution in [0, 0.1) is 0 Å². The number of rotatable bonds is 9. The van der Waals surface area contributed by atoms with Gasteiger partial charge < -0.3 is 4.90 Å². The van der Waals surface area contributed by atoms with E-state index in [9.17, 15) is 0 Å². The third-order valence-electron chi connectivity index (χ3n) is 3.99. The third kappa shape index (κ3) is 5.55. The summed E-state index contributed by atoms with van der Waals surface area (Å²) in [5.74, 6) is 1.31. The molecule has 0 bridgehead atoms. The Kier molecular flexibility index (Phi) is 6.81. The monoisotopic (exact) mass is 381 g/mol. The summed E-state index contributed by atoms with van der Waals surface area (Å²) in [6.07, 6.45) is 5.33. The summed E-state index contributed by atoms with van der Waals surface area (Å²) in [6, 6.07) is 12.3. The van der Waals surface area contributed by atoms with Crippen LogP contribution in [-0.4, -0.2) is 39.5 Å². The van der Waals surface area contributed by atoms with Gasteiger partial charge in [-0.25, -0.2) is 10.5 Å². The van der Waals surface area contributed by atoms with Gasteiger partial charge in [0.05, 0.1) is 6.21 Å². The van der Waals surface area contributed by atoms with Crippen molar-refractivity contribution in [2.24, 2.45) is 5.10 Å². The fourth-order valence-corrected chi connectivity index (χ4v) is 3.27. The summed E-state index contributed by atoms with van der Waals surface area (Å²) < 4.78 is 0. The maximum absolute atomic E-state index is 4.37. The van der Waals surface area contributed by atoms with Crippen molar-refractivity contribution in [2.75, 3.05) is 23.4 Å². The number of anilines is 2. The minimum absolute atomic E-state index is 0.517. The summed E-state index contributed by atoms with van der Waals surface area (Å²) in [5.41, 5.74) is 6.30. The molecule has 3 rings (SSSR count). The predicted octanol–water partition coefficient (Wildman–Crippen LogP) is 3.78. The zero-order valence-electron chi connectivity index (χ0n) is 15.5. The van der Waals surface area contributed by atoms with Crippen molar-refractivity contribution < 1.29 is 0 Å². The number of thioether (sulfide) groups is 1. The van der Waals surface area contributed by atoms with Crippen molar-refractivity contribution in [3.63, 3.8) is 0 Å². The van der Waals surface area contributed by atoms with Gasteiger partial charge in [0, 0.05) is 36.9 Å². The second-order valence-electron chi connectivity index (χ2n) is 5.74. The van der Waals surface area contributed by atoms with Crippen molar-refractivity contribution in [1.82, 2.24) is 20.2 Å². The Morgan fingerprint density at radius 3 is 2.56 bits per heavy atom. The predicted molar refractivity (Wildman–Crippen MR) is 111 cm³/mol. The molecular weight excluding hydrogens is 358 g/mol. The van der Waals surface area contributed by atoms with Gasteiger partial charge in [0.1, 0.15) is 0 Å². The number of H-pyrrole nitrogens is 1. The molecule has 8 heteroatoms. The smallest absolute Gasteiger partial charge is 0.240 e. The van der Waals surface area contributed by atoms with E-state index >= 15 is 0 Å². The molecule has 3 aromatic rings. The molecule has 2 aromatic heterocycles. The summed E-state index contributed by atoms with van der Waals surface area (Å²) in [6.45, 7) is 6.31. The van der Waals surface area contributed by atoms with Crippen LogP contribution < -0.4 is 10.3 Å². The number of benzene rings is 1. The molecule has 2 N–H and O–H groups in total. The molecule has 27 heavy (non-hydrogen) atoms. The van der Waals surface area contributed by atoms with Crippen molar-refractivity contribution in [3.8, 4) is 0 Å². The zero-order chi connectivity index (χ0) is 18.9. The average molecular weight is 382 g/mol. The van der Waals surface area contributed by atoms with Gasteiger partial charge in [-0.3, -0.25) is 4.98 Å². The molecule has 0 saturated heterocycles. The van der Waals surface area contributed by atoms with Crippen LogP contribution in [0.15, 0.2) is 59.0 Å². The zero-order valence-corrected chi connectivity index (χ0v) is 16.3. The number of pyridine rings is 1. The number of hydrogen-bond donors (Lipinski definition) is 2. The van der Waals surface area contributed by atoms with Gasteiger partial charge in [-0.05, 0) is 49.2 Å². The van der Waals surface area contributed by atoms with Crippen LogP contribution >= 0.6 is 11.8 Å². The number of aromatic amines is 1. The summed E-state index contributed by atoms with van der Waals surface area (Å²) >= 11 is 1.55. The van der Waals surface area contributed by atoms with Gasteiger partial charge in [-0.15, -0.1) is 5.10 Å². The number of hydrazone groups is 1. The molecule has 2 heterocycles. The SMILES string of the molecule is CCN(CC)c1ccc(/C=N\Nc2nc(SCc3ccncc3)n[nH]2)cc1. The Bertz CT molecular complexity index is 842. The van der Waals surface area contributed by atoms with E-state index in [1.54, 1.807) is 30.4 Å². The normalized spacial score (nSPS) is 11.0.